The minimum absolute atomic E-state index is 0.509. The van der Waals surface area contributed by atoms with Crippen LogP contribution in [-0.2, 0) is 4.74 Å². The Kier molecular flexibility index (Phi) is 4.62. The molecule has 1 N–H and O–H groups in total. The first-order valence-electron chi connectivity index (χ1n) is 6.82. The van der Waals surface area contributed by atoms with E-state index >= 15 is 0 Å². The Labute approximate surface area is 99.5 Å². The van der Waals surface area contributed by atoms with Crippen LogP contribution in [-0.4, -0.2) is 50.3 Å². The molecule has 1 aliphatic heterocycles. The normalized spacial score (nSPS) is 25.9. The van der Waals surface area contributed by atoms with E-state index in [-0.39, 0.29) is 0 Å². The molecule has 2 fully saturated rings. The maximum Gasteiger partial charge on any atom is 0.0595 e. The van der Waals surface area contributed by atoms with E-state index in [2.05, 4.69) is 17.1 Å². The predicted molar refractivity (Wildman–Crippen MR) is 66.7 cm³/mol. The van der Waals surface area contributed by atoms with Crippen molar-refractivity contribution < 1.29 is 4.74 Å². The molecule has 0 aromatic rings. The Bertz CT molecular complexity index is 198. The van der Waals surface area contributed by atoms with Crippen molar-refractivity contribution in [1.29, 1.82) is 0 Å². The van der Waals surface area contributed by atoms with Gasteiger partial charge >= 0.3 is 0 Å². The zero-order chi connectivity index (χ0) is 11.4. The maximum absolute atomic E-state index is 5.41. The van der Waals surface area contributed by atoms with Crippen LogP contribution in [0.3, 0.4) is 0 Å². The van der Waals surface area contributed by atoms with Gasteiger partial charge in [-0.15, -0.1) is 0 Å². The quantitative estimate of drug-likeness (QED) is 0.742. The van der Waals surface area contributed by atoms with Crippen molar-refractivity contribution in [3.8, 4) is 0 Å². The van der Waals surface area contributed by atoms with Crippen LogP contribution in [0.15, 0.2) is 0 Å². The standard InChI is InChI=1S/C13H26N2O/c1-3-14-13(11-4-5-11)10-15-8-6-12(16-2)7-9-15/h11-14H,3-10H2,1-2H3. The van der Waals surface area contributed by atoms with Gasteiger partial charge in [-0.25, -0.2) is 0 Å². The summed E-state index contributed by atoms with van der Waals surface area (Å²) in [6.07, 6.45) is 5.80. The second-order valence-electron chi connectivity index (χ2n) is 5.24. The Morgan fingerprint density at radius 1 is 1.25 bits per heavy atom. The number of nitrogens with zero attached hydrogens (tertiary/aromatic N) is 1. The van der Waals surface area contributed by atoms with Gasteiger partial charge in [-0.3, -0.25) is 0 Å². The van der Waals surface area contributed by atoms with Gasteiger partial charge < -0.3 is 15.0 Å². The number of piperidine rings is 1. The molecular formula is C13H26N2O. The third-order valence-corrected chi connectivity index (χ3v) is 3.98. The summed E-state index contributed by atoms with van der Waals surface area (Å²) in [6.45, 7) is 7.00. The van der Waals surface area contributed by atoms with Crippen molar-refractivity contribution in [1.82, 2.24) is 10.2 Å². The smallest absolute Gasteiger partial charge is 0.0595 e. The SMILES string of the molecule is CCNC(CN1CCC(OC)CC1)C1CC1. The molecule has 1 saturated heterocycles. The highest BCUT2D eigenvalue weighted by Crippen LogP contribution is 2.33. The van der Waals surface area contributed by atoms with E-state index in [0.29, 0.717) is 6.10 Å². The minimum Gasteiger partial charge on any atom is -0.381 e. The fourth-order valence-corrected chi connectivity index (χ4v) is 2.75. The van der Waals surface area contributed by atoms with Gasteiger partial charge in [-0.05, 0) is 38.1 Å². The number of likely N-dealkylation sites (N-methyl/N-ethyl adjacent to an activating group) is 1. The molecule has 3 nitrogen and oxygen atoms in total. The lowest BCUT2D eigenvalue weighted by molar-refractivity contribution is 0.0377. The lowest BCUT2D eigenvalue weighted by atomic mass is 10.1. The number of ether oxygens (including phenoxy) is 1. The van der Waals surface area contributed by atoms with Crippen LogP contribution in [0.4, 0.5) is 0 Å². The van der Waals surface area contributed by atoms with Crippen molar-refractivity contribution in [2.75, 3.05) is 33.3 Å². The molecule has 0 aromatic heterocycles. The number of likely N-dealkylation sites (tertiary alicyclic amines) is 1. The van der Waals surface area contributed by atoms with E-state index in [0.717, 1.165) is 18.5 Å². The second kappa shape index (κ2) is 5.99. The van der Waals surface area contributed by atoms with Crippen molar-refractivity contribution >= 4 is 0 Å². The minimum atomic E-state index is 0.509. The second-order valence-corrected chi connectivity index (χ2v) is 5.24. The number of methoxy groups -OCH3 is 1. The summed E-state index contributed by atoms with van der Waals surface area (Å²) in [5, 5.41) is 3.64. The molecule has 1 saturated carbocycles. The molecule has 0 aromatic carbocycles. The highest BCUT2D eigenvalue weighted by Gasteiger charge is 2.32. The van der Waals surface area contributed by atoms with Gasteiger partial charge in [0, 0.05) is 32.8 Å². The third-order valence-electron chi connectivity index (χ3n) is 3.98. The molecule has 0 radical (unpaired) electrons. The van der Waals surface area contributed by atoms with Crippen LogP contribution in [0.5, 0.6) is 0 Å². The molecular weight excluding hydrogens is 200 g/mol. The van der Waals surface area contributed by atoms with Crippen LogP contribution in [0, 0.1) is 5.92 Å². The number of hydrogen-bond acceptors (Lipinski definition) is 3. The van der Waals surface area contributed by atoms with Crippen molar-refractivity contribution in [2.24, 2.45) is 5.92 Å². The zero-order valence-corrected chi connectivity index (χ0v) is 10.7. The first-order valence-corrected chi connectivity index (χ1v) is 6.82. The summed E-state index contributed by atoms with van der Waals surface area (Å²) in [6, 6.07) is 0.740. The average Bonchev–Trinajstić information content (AvgIpc) is 3.13. The molecule has 3 heteroatoms. The van der Waals surface area contributed by atoms with Gasteiger partial charge in [-0.2, -0.15) is 0 Å². The molecule has 0 amide bonds. The highest BCUT2D eigenvalue weighted by atomic mass is 16.5. The highest BCUT2D eigenvalue weighted by molar-refractivity contribution is 4.89. The van der Waals surface area contributed by atoms with Crippen molar-refractivity contribution in [2.45, 2.75) is 44.8 Å². The first kappa shape index (κ1) is 12.3. The zero-order valence-electron chi connectivity index (χ0n) is 10.7. The van der Waals surface area contributed by atoms with Gasteiger partial charge in [0.2, 0.25) is 0 Å². The third kappa shape index (κ3) is 3.44. The van der Waals surface area contributed by atoms with E-state index < -0.39 is 0 Å². The monoisotopic (exact) mass is 226 g/mol. The van der Waals surface area contributed by atoms with E-state index in [4.69, 9.17) is 4.74 Å². The number of rotatable bonds is 6. The van der Waals surface area contributed by atoms with Crippen molar-refractivity contribution in [3.63, 3.8) is 0 Å². The summed E-state index contributed by atoms with van der Waals surface area (Å²) < 4.78 is 5.41. The van der Waals surface area contributed by atoms with Gasteiger partial charge in [0.25, 0.3) is 0 Å². The fraction of sp³-hybridized carbons (Fsp3) is 1.00. The molecule has 16 heavy (non-hydrogen) atoms. The maximum atomic E-state index is 5.41. The first-order chi connectivity index (χ1) is 7.83. The summed E-state index contributed by atoms with van der Waals surface area (Å²) in [5.74, 6) is 0.958. The largest absolute Gasteiger partial charge is 0.381 e. The van der Waals surface area contributed by atoms with E-state index in [9.17, 15) is 0 Å². The van der Waals surface area contributed by atoms with Gasteiger partial charge in [0.05, 0.1) is 6.10 Å². The molecule has 2 aliphatic rings. The number of hydrogen-bond donors (Lipinski definition) is 1. The van der Waals surface area contributed by atoms with Gasteiger partial charge in [-0.1, -0.05) is 6.92 Å². The lowest BCUT2D eigenvalue weighted by Crippen LogP contribution is -2.46. The molecule has 1 heterocycles. The van der Waals surface area contributed by atoms with Crippen LogP contribution in [0.2, 0.25) is 0 Å². The van der Waals surface area contributed by atoms with E-state index in [1.165, 1.54) is 45.3 Å². The molecule has 1 unspecified atom stereocenters. The molecule has 2 rings (SSSR count). The Morgan fingerprint density at radius 3 is 2.44 bits per heavy atom. The predicted octanol–water partition coefficient (Wildman–Crippen LogP) is 1.49. The number of nitrogens with one attached hydrogen (secondary N) is 1. The van der Waals surface area contributed by atoms with Gasteiger partial charge in [0.1, 0.15) is 0 Å². The lowest BCUT2D eigenvalue weighted by Gasteiger charge is -2.34. The summed E-state index contributed by atoms with van der Waals surface area (Å²) >= 11 is 0. The molecule has 1 aliphatic carbocycles. The summed E-state index contributed by atoms with van der Waals surface area (Å²) in [7, 11) is 1.84. The van der Waals surface area contributed by atoms with Crippen LogP contribution in [0.25, 0.3) is 0 Å². The van der Waals surface area contributed by atoms with Crippen LogP contribution >= 0.6 is 0 Å². The molecule has 94 valence electrons. The Balaban J connectivity index is 1.71. The molecule has 0 bridgehead atoms. The summed E-state index contributed by atoms with van der Waals surface area (Å²) in [4.78, 5) is 2.61. The molecule has 1 atom stereocenters. The van der Waals surface area contributed by atoms with Gasteiger partial charge in [0.15, 0.2) is 0 Å². The molecule has 0 spiro atoms. The van der Waals surface area contributed by atoms with E-state index in [1.807, 2.05) is 7.11 Å². The van der Waals surface area contributed by atoms with E-state index in [1.54, 1.807) is 0 Å². The van der Waals surface area contributed by atoms with Crippen LogP contribution < -0.4 is 5.32 Å². The van der Waals surface area contributed by atoms with Crippen LogP contribution in [0.1, 0.15) is 32.6 Å². The van der Waals surface area contributed by atoms with Crippen molar-refractivity contribution in [3.05, 3.63) is 0 Å². The Morgan fingerprint density at radius 2 is 1.94 bits per heavy atom. The topological polar surface area (TPSA) is 24.5 Å². The fourth-order valence-electron chi connectivity index (χ4n) is 2.75. The Hall–Kier alpha value is -0.120. The summed E-state index contributed by atoms with van der Waals surface area (Å²) in [5.41, 5.74) is 0. The average molecular weight is 226 g/mol.